The molecule has 0 bridgehead atoms. The molecule has 0 spiro atoms. The van der Waals surface area contributed by atoms with Gasteiger partial charge in [-0.25, -0.2) is 4.39 Å². The number of hydrogen-bond acceptors (Lipinski definition) is 0. The first-order chi connectivity index (χ1) is 10.2. The monoisotopic (exact) mass is 339 g/mol. The van der Waals surface area contributed by atoms with E-state index < -0.39 is 0 Å². The molecule has 21 heavy (non-hydrogen) atoms. The molecule has 0 N–H and O–H groups in total. The molecule has 0 radical (unpaired) electrons. The van der Waals surface area contributed by atoms with E-state index in [1.807, 2.05) is 30.3 Å². The summed E-state index contributed by atoms with van der Waals surface area (Å²) < 4.78 is 16.6. The van der Waals surface area contributed by atoms with Crippen LogP contribution in [0.3, 0.4) is 0 Å². The number of rotatable bonds is 1. The third-order valence-electron chi connectivity index (χ3n) is 3.69. The van der Waals surface area contributed by atoms with Crippen molar-refractivity contribution >= 4 is 37.7 Å². The van der Waals surface area contributed by atoms with Gasteiger partial charge < -0.3 is 4.57 Å². The van der Waals surface area contributed by atoms with Crippen molar-refractivity contribution in [2.24, 2.45) is 0 Å². The number of halogens is 2. The summed E-state index contributed by atoms with van der Waals surface area (Å²) in [7, 11) is 0. The summed E-state index contributed by atoms with van der Waals surface area (Å²) in [6.45, 7) is 0. The molecule has 0 aliphatic carbocycles. The smallest absolute Gasteiger partial charge is 0.126 e. The van der Waals surface area contributed by atoms with E-state index in [0.717, 1.165) is 21.2 Å². The Hall–Kier alpha value is -2.13. The first-order valence-electron chi connectivity index (χ1n) is 6.69. The van der Waals surface area contributed by atoms with E-state index in [4.69, 9.17) is 0 Å². The van der Waals surface area contributed by atoms with Crippen LogP contribution in [0.25, 0.3) is 27.5 Å². The van der Waals surface area contributed by atoms with E-state index in [-0.39, 0.29) is 5.82 Å². The zero-order valence-electron chi connectivity index (χ0n) is 11.1. The lowest BCUT2D eigenvalue weighted by Crippen LogP contribution is -1.94. The van der Waals surface area contributed by atoms with Gasteiger partial charge in [0.15, 0.2) is 0 Å². The molecule has 0 fully saturated rings. The van der Waals surface area contributed by atoms with E-state index in [1.165, 1.54) is 16.8 Å². The summed E-state index contributed by atoms with van der Waals surface area (Å²) in [5.41, 5.74) is 2.98. The molecule has 1 nitrogen and oxygen atoms in total. The van der Waals surface area contributed by atoms with E-state index in [0.29, 0.717) is 0 Å². The van der Waals surface area contributed by atoms with Gasteiger partial charge in [0.05, 0.1) is 16.7 Å². The first-order valence-corrected chi connectivity index (χ1v) is 7.48. The van der Waals surface area contributed by atoms with Crippen molar-refractivity contribution < 1.29 is 4.39 Å². The molecule has 0 atom stereocenters. The molecule has 3 heteroatoms. The highest BCUT2D eigenvalue weighted by Gasteiger charge is 2.12. The Bertz CT molecular complexity index is 898. The van der Waals surface area contributed by atoms with Gasteiger partial charge in [-0.2, -0.15) is 0 Å². The highest BCUT2D eigenvalue weighted by Crippen LogP contribution is 2.32. The molecule has 0 aliphatic rings. The summed E-state index contributed by atoms with van der Waals surface area (Å²) >= 11 is 3.37. The van der Waals surface area contributed by atoms with Crippen LogP contribution in [0.2, 0.25) is 0 Å². The Morgan fingerprint density at radius 3 is 1.90 bits per heavy atom. The molecule has 0 unspecified atom stereocenters. The second-order valence-electron chi connectivity index (χ2n) is 5.00. The van der Waals surface area contributed by atoms with Gasteiger partial charge in [0.1, 0.15) is 5.82 Å². The van der Waals surface area contributed by atoms with Crippen LogP contribution in [0.4, 0.5) is 4.39 Å². The lowest BCUT2D eigenvalue weighted by atomic mass is 10.2. The topological polar surface area (TPSA) is 4.93 Å². The maximum Gasteiger partial charge on any atom is 0.126 e. The Labute approximate surface area is 129 Å². The van der Waals surface area contributed by atoms with Gasteiger partial charge in [-0.1, -0.05) is 52.3 Å². The molecule has 4 aromatic rings. The minimum atomic E-state index is -0.249. The normalized spacial score (nSPS) is 11.3. The molecule has 0 aliphatic heterocycles. The molecule has 0 saturated carbocycles. The van der Waals surface area contributed by atoms with Crippen LogP contribution in [0.15, 0.2) is 71.2 Å². The van der Waals surface area contributed by atoms with Crippen molar-refractivity contribution in [2.45, 2.75) is 0 Å². The highest BCUT2D eigenvalue weighted by molar-refractivity contribution is 9.10. The fourth-order valence-electron chi connectivity index (χ4n) is 2.87. The highest BCUT2D eigenvalue weighted by atomic mass is 79.9. The van der Waals surface area contributed by atoms with Crippen LogP contribution >= 0.6 is 15.9 Å². The molecule has 102 valence electrons. The molecule has 0 saturated heterocycles. The van der Waals surface area contributed by atoms with E-state index in [2.05, 4.69) is 44.8 Å². The summed E-state index contributed by atoms with van der Waals surface area (Å²) in [5.74, 6) is -0.249. The Morgan fingerprint density at radius 2 is 1.33 bits per heavy atom. The third-order valence-corrected chi connectivity index (χ3v) is 4.14. The van der Waals surface area contributed by atoms with E-state index in [1.54, 1.807) is 6.07 Å². The number of para-hydroxylation sites is 2. The van der Waals surface area contributed by atoms with Crippen molar-refractivity contribution in [1.82, 2.24) is 4.57 Å². The van der Waals surface area contributed by atoms with Gasteiger partial charge in [-0.3, -0.25) is 0 Å². The fraction of sp³-hybridized carbons (Fsp3) is 0. The van der Waals surface area contributed by atoms with Crippen molar-refractivity contribution in [1.29, 1.82) is 0 Å². The standard InChI is InChI=1S/C18H11BrFN/c19-12-9-13(20)11-14(10-12)21-17-7-3-1-5-15(17)16-6-2-4-8-18(16)21/h1-11H. The van der Waals surface area contributed by atoms with E-state index in [9.17, 15) is 4.39 Å². The maximum absolute atomic E-state index is 13.8. The molecule has 1 heterocycles. The predicted molar refractivity (Wildman–Crippen MR) is 88.4 cm³/mol. The van der Waals surface area contributed by atoms with Crippen LogP contribution in [0.1, 0.15) is 0 Å². The predicted octanol–water partition coefficient (Wildman–Crippen LogP) is 5.69. The van der Waals surface area contributed by atoms with Crippen molar-refractivity contribution in [3.05, 3.63) is 77.0 Å². The first kappa shape index (κ1) is 12.6. The fourth-order valence-corrected chi connectivity index (χ4v) is 3.32. The van der Waals surface area contributed by atoms with Crippen molar-refractivity contribution in [2.75, 3.05) is 0 Å². The summed E-state index contributed by atoms with van der Waals surface area (Å²) in [6.07, 6.45) is 0. The quantitative estimate of drug-likeness (QED) is 0.420. The SMILES string of the molecule is Fc1cc(Br)cc(-n2c3ccccc3c3ccccc32)c1. The van der Waals surface area contributed by atoms with Crippen LogP contribution in [0.5, 0.6) is 0 Å². The molecule has 4 rings (SSSR count). The molecule has 3 aromatic carbocycles. The van der Waals surface area contributed by atoms with Gasteiger partial charge in [0.25, 0.3) is 0 Å². The van der Waals surface area contributed by atoms with Crippen molar-refractivity contribution in [3.63, 3.8) is 0 Å². The summed E-state index contributed by atoms with van der Waals surface area (Å²) in [4.78, 5) is 0. The molecule has 1 aromatic heterocycles. The zero-order valence-corrected chi connectivity index (χ0v) is 12.6. The third kappa shape index (κ3) is 1.96. The average molecular weight is 340 g/mol. The van der Waals surface area contributed by atoms with Gasteiger partial charge in [-0.15, -0.1) is 0 Å². The summed E-state index contributed by atoms with van der Waals surface area (Å²) in [6, 6.07) is 21.4. The minimum Gasteiger partial charge on any atom is -0.309 e. The van der Waals surface area contributed by atoms with Gasteiger partial charge in [0.2, 0.25) is 0 Å². The Kier molecular flexibility index (Phi) is 2.82. The lowest BCUT2D eigenvalue weighted by molar-refractivity contribution is 0.626. The van der Waals surface area contributed by atoms with Gasteiger partial charge >= 0.3 is 0 Å². The van der Waals surface area contributed by atoms with Crippen LogP contribution in [-0.4, -0.2) is 4.57 Å². The minimum absolute atomic E-state index is 0.249. The molecule has 0 amide bonds. The van der Waals surface area contributed by atoms with Crippen LogP contribution in [0, 0.1) is 5.82 Å². The zero-order chi connectivity index (χ0) is 14.4. The van der Waals surface area contributed by atoms with Crippen LogP contribution in [-0.2, 0) is 0 Å². The Morgan fingerprint density at radius 1 is 0.762 bits per heavy atom. The summed E-state index contributed by atoms with van der Waals surface area (Å²) in [5, 5.41) is 2.35. The van der Waals surface area contributed by atoms with Gasteiger partial charge in [0, 0.05) is 15.2 Å². The largest absolute Gasteiger partial charge is 0.309 e. The Balaban J connectivity index is 2.20. The molecular formula is C18H11BrFN. The number of benzene rings is 3. The molecular weight excluding hydrogens is 329 g/mol. The maximum atomic E-state index is 13.8. The average Bonchev–Trinajstić information content (AvgIpc) is 2.81. The number of nitrogens with zero attached hydrogens (tertiary/aromatic N) is 1. The number of fused-ring (bicyclic) bond motifs is 3. The number of hydrogen-bond donors (Lipinski definition) is 0. The van der Waals surface area contributed by atoms with Gasteiger partial charge in [-0.05, 0) is 30.3 Å². The van der Waals surface area contributed by atoms with Crippen molar-refractivity contribution in [3.8, 4) is 5.69 Å². The second-order valence-corrected chi connectivity index (χ2v) is 5.91. The van der Waals surface area contributed by atoms with E-state index >= 15 is 0 Å². The van der Waals surface area contributed by atoms with Crippen LogP contribution < -0.4 is 0 Å². The lowest BCUT2D eigenvalue weighted by Gasteiger charge is -2.08. The number of aromatic nitrogens is 1. The second kappa shape index (κ2) is 4.71.